The Kier molecular flexibility index (Phi) is 5.65. The predicted molar refractivity (Wildman–Crippen MR) is 104 cm³/mol. The van der Waals surface area contributed by atoms with Crippen molar-refractivity contribution in [1.82, 2.24) is 4.57 Å². The summed E-state index contributed by atoms with van der Waals surface area (Å²) < 4.78 is 7.45. The number of nitro benzene ring substituents is 1. The van der Waals surface area contributed by atoms with Crippen LogP contribution < -0.4 is 4.80 Å². The molecule has 0 atom stereocenters. The van der Waals surface area contributed by atoms with Gasteiger partial charge < -0.3 is 9.30 Å². The Bertz CT molecular complexity index is 1130. The van der Waals surface area contributed by atoms with E-state index in [9.17, 15) is 19.7 Å². The van der Waals surface area contributed by atoms with Crippen LogP contribution in [0.5, 0.6) is 0 Å². The van der Waals surface area contributed by atoms with Crippen molar-refractivity contribution in [3.05, 3.63) is 68.5 Å². The van der Waals surface area contributed by atoms with Crippen molar-refractivity contribution in [2.75, 3.05) is 7.11 Å². The zero-order chi connectivity index (χ0) is 20.3. The van der Waals surface area contributed by atoms with E-state index in [0.29, 0.717) is 11.3 Å². The highest BCUT2D eigenvalue weighted by molar-refractivity contribution is 7.16. The van der Waals surface area contributed by atoms with Gasteiger partial charge >= 0.3 is 5.97 Å². The second-order valence-corrected chi connectivity index (χ2v) is 7.06. The molecule has 1 amide bonds. The van der Waals surface area contributed by atoms with E-state index in [1.54, 1.807) is 4.57 Å². The van der Waals surface area contributed by atoms with Gasteiger partial charge in [0.1, 0.15) is 0 Å². The summed E-state index contributed by atoms with van der Waals surface area (Å²) in [4.78, 5) is 39.0. The molecule has 0 bridgehead atoms. The molecule has 28 heavy (non-hydrogen) atoms. The number of methoxy groups -OCH3 is 1. The SMILES string of the molecule is COC(=O)CCn1c(=NC(=O)c2ccc([N+](=O)[O-])cc2)sc2cc(C)ccc21. The number of carbonyl (C=O) groups is 2. The summed E-state index contributed by atoms with van der Waals surface area (Å²) in [5.41, 5.74) is 2.10. The van der Waals surface area contributed by atoms with E-state index in [-0.39, 0.29) is 23.6 Å². The molecule has 0 fully saturated rings. The number of aryl methyl sites for hydroxylation is 2. The predicted octanol–water partition coefficient (Wildman–Crippen LogP) is 3.22. The van der Waals surface area contributed by atoms with Gasteiger partial charge in [-0.05, 0) is 36.8 Å². The second kappa shape index (κ2) is 8.13. The first-order chi connectivity index (χ1) is 13.4. The lowest BCUT2D eigenvalue weighted by Crippen LogP contribution is -2.19. The lowest BCUT2D eigenvalue weighted by atomic mass is 10.2. The van der Waals surface area contributed by atoms with Crippen LogP contribution in [-0.4, -0.2) is 28.5 Å². The highest BCUT2D eigenvalue weighted by atomic mass is 32.1. The third-order valence-corrected chi connectivity index (χ3v) is 5.17. The van der Waals surface area contributed by atoms with Crippen LogP contribution in [0.3, 0.4) is 0 Å². The maximum absolute atomic E-state index is 12.6. The maximum atomic E-state index is 12.6. The van der Waals surface area contributed by atoms with Crippen molar-refractivity contribution in [3.8, 4) is 0 Å². The number of amides is 1. The molecule has 0 saturated carbocycles. The number of ether oxygens (including phenoxy) is 1. The minimum atomic E-state index is -0.527. The van der Waals surface area contributed by atoms with Crippen molar-refractivity contribution in [3.63, 3.8) is 0 Å². The van der Waals surface area contributed by atoms with Gasteiger partial charge in [-0.3, -0.25) is 19.7 Å². The molecule has 3 rings (SSSR count). The fourth-order valence-electron chi connectivity index (χ4n) is 2.66. The van der Waals surface area contributed by atoms with E-state index in [1.165, 1.54) is 42.7 Å². The molecule has 9 heteroatoms. The Balaban J connectivity index is 2.03. The molecule has 0 N–H and O–H groups in total. The summed E-state index contributed by atoms with van der Waals surface area (Å²) in [6.45, 7) is 2.29. The molecule has 0 aliphatic rings. The Morgan fingerprint density at radius 3 is 2.57 bits per heavy atom. The average Bonchev–Trinajstić information content (AvgIpc) is 3.01. The first-order valence-electron chi connectivity index (χ1n) is 8.39. The molecule has 3 aromatic rings. The first kappa shape index (κ1) is 19.4. The number of hydrogen-bond acceptors (Lipinski definition) is 6. The van der Waals surface area contributed by atoms with Crippen molar-refractivity contribution in [1.29, 1.82) is 0 Å². The number of nitro groups is 1. The lowest BCUT2D eigenvalue weighted by Gasteiger charge is -2.04. The minimum Gasteiger partial charge on any atom is -0.469 e. The van der Waals surface area contributed by atoms with Gasteiger partial charge in [-0.1, -0.05) is 17.4 Å². The van der Waals surface area contributed by atoms with Crippen LogP contribution in [0.4, 0.5) is 5.69 Å². The monoisotopic (exact) mass is 399 g/mol. The molecule has 0 saturated heterocycles. The van der Waals surface area contributed by atoms with Crippen LogP contribution in [0, 0.1) is 17.0 Å². The molecule has 0 radical (unpaired) electrons. The van der Waals surface area contributed by atoms with Gasteiger partial charge in [0.05, 0.1) is 28.7 Å². The van der Waals surface area contributed by atoms with Gasteiger partial charge in [0, 0.05) is 24.2 Å². The van der Waals surface area contributed by atoms with E-state index >= 15 is 0 Å². The minimum absolute atomic E-state index is 0.0953. The lowest BCUT2D eigenvalue weighted by molar-refractivity contribution is -0.384. The van der Waals surface area contributed by atoms with Gasteiger partial charge in [-0.15, -0.1) is 0 Å². The molecule has 1 aromatic heterocycles. The number of esters is 1. The Hall–Kier alpha value is -3.33. The van der Waals surface area contributed by atoms with E-state index in [0.717, 1.165) is 15.8 Å². The number of fused-ring (bicyclic) bond motifs is 1. The molecule has 1 heterocycles. The maximum Gasteiger partial charge on any atom is 0.307 e. The van der Waals surface area contributed by atoms with Crippen LogP contribution in [0.15, 0.2) is 47.5 Å². The Labute approximate surface area is 163 Å². The van der Waals surface area contributed by atoms with Crippen LogP contribution >= 0.6 is 11.3 Å². The van der Waals surface area contributed by atoms with Gasteiger partial charge in [-0.2, -0.15) is 4.99 Å². The van der Waals surface area contributed by atoms with Gasteiger partial charge in [0.25, 0.3) is 11.6 Å². The summed E-state index contributed by atoms with van der Waals surface area (Å²) in [5, 5.41) is 10.8. The normalized spacial score (nSPS) is 11.6. The molecule has 0 unspecified atom stereocenters. The topological polar surface area (TPSA) is 104 Å². The molecule has 0 spiro atoms. The summed E-state index contributed by atoms with van der Waals surface area (Å²) in [5.74, 6) is -0.864. The molecule has 2 aromatic carbocycles. The highest BCUT2D eigenvalue weighted by Crippen LogP contribution is 2.20. The third-order valence-electron chi connectivity index (χ3n) is 4.13. The Morgan fingerprint density at radius 2 is 1.93 bits per heavy atom. The molecule has 0 aliphatic carbocycles. The van der Waals surface area contributed by atoms with Crippen LogP contribution in [0.2, 0.25) is 0 Å². The molecule has 0 aliphatic heterocycles. The number of hydrogen-bond donors (Lipinski definition) is 0. The summed E-state index contributed by atoms with van der Waals surface area (Å²) in [7, 11) is 1.32. The summed E-state index contributed by atoms with van der Waals surface area (Å²) >= 11 is 1.34. The van der Waals surface area contributed by atoms with Gasteiger partial charge in [0.2, 0.25) is 0 Å². The number of thiazole rings is 1. The Morgan fingerprint density at radius 1 is 1.21 bits per heavy atom. The van der Waals surface area contributed by atoms with Crippen molar-refractivity contribution < 1.29 is 19.2 Å². The van der Waals surface area contributed by atoms with Crippen molar-refractivity contribution in [2.24, 2.45) is 4.99 Å². The van der Waals surface area contributed by atoms with E-state index in [2.05, 4.69) is 4.99 Å². The number of aromatic nitrogens is 1. The number of nitrogens with zero attached hydrogens (tertiary/aromatic N) is 3. The zero-order valence-corrected chi connectivity index (χ0v) is 16.1. The van der Waals surface area contributed by atoms with E-state index in [4.69, 9.17) is 4.74 Å². The molecular formula is C19H17N3O5S. The van der Waals surface area contributed by atoms with Crippen LogP contribution in [0.25, 0.3) is 10.2 Å². The molecule has 144 valence electrons. The average molecular weight is 399 g/mol. The molecule has 8 nitrogen and oxygen atoms in total. The summed E-state index contributed by atoms with van der Waals surface area (Å²) in [6, 6.07) is 11.1. The zero-order valence-electron chi connectivity index (χ0n) is 15.2. The quantitative estimate of drug-likeness (QED) is 0.372. The van der Waals surface area contributed by atoms with Crippen LogP contribution in [-0.2, 0) is 16.1 Å². The van der Waals surface area contributed by atoms with E-state index < -0.39 is 10.8 Å². The highest BCUT2D eigenvalue weighted by Gasteiger charge is 2.12. The van der Waals surface area contributed by atoms with Crippen molar-refractivity contribution >= 4 is 39.1 Å². The fourth-order valence-corrected chi connectivity index (χ4v) is 3.82. The summed E-state index contributed by atoms with van der Waals surface area (Å²) in [6.07, 6.45) is 0.148. The number of non-ortho nitro benzene ring substituents is 1. The van der Waals surface area contributed by atoms with Crippen molar-refractivity contribution in [2.45, 2.75) is 19.9 Å². The smallest absolute Gasteiger partial charge is 0.307 e. The third kappa shape index (κ3) is 4.15. The fraction of sp³-hybridized carbons (Fsp3) is 0.211. The van der Waals surface area contributed by atoms with Gasteiger partial charge in [0.15, 0.2) is 4.80 Å². The number of rotatable bonds is 5. The first-order valence-corrected chi connectivity index (χ1v) is 9.21. The molecular weight excluding hydrogens is 382 g/mol. The largest absolute Gasteiger partial charge is 0.469 e. The van der Waals surface area contributed by atoms with Gasteiger partial charge in [-0.25, -0.2) is 0 Å². The standard InChI is InChI=1S/C19H17N3O5S/c1-12-3-8-15-16(11-12)28-19(21(15)10-9-17(23)27-2)20-18(24)13-4-6-14(7-5-13)22(25)26/h3-8,11H,9-10H2,1-2H3. The van der Waals surface area contributed by atoms with E-state index in [1.807, 2.05) is 25.1 Å². The number of carbonyl (C=O) groups excluding carboxylic acids is 2. The van der Waals surface area contributed by atoms with Crippen LogP contribution in [0.1, 0.15) is 22.3 Å². The number of benzene rings is 2. The second-order valence-electron chi connectivity index (χ2n) is 6.05.